The highest BCUT2D eigenvalue weighted by Crippen LogP contribution is 2.40. The molecule has 0 atom stereocenters. The highest BCUT2D eigenvalue weighted by Gasteiger charge is 2.31. The molecule has 0 amide bonds. The summed E-state index contributed by atoms with van der Waals surface area (Å²) >= 11 is 0. The van der Waals surface area contributed by atoms with E-state index in [0.717, 1.165) is 53.8 Å². The van der Waals surface area contributed by atoms with E-state index in [-0.39, 0.29) is 11.9 Å². The molecule has 0 radical (unpaired) electrons. The molecule has 166 valence electrons. The van der Waals surface area contributed by atoms with Gasteiger partial charge in [0.15, 0.2) is 0 Å². The fraction of sp³-hybridized carbons (Fsp3) is 0.333. The minimum Gasteiger partial charge on any atom is -0.465 e. The largest absolute Gasteiger partial charge is 0.465 e. The summed E-state index contributed by atoms with van der Waals surface area (Å²) < 4.78 is 10.6. The lowest BCUT2D eigenvalue weighted by molar-refractivity contribution is -0.149. The number of nitrogens with zero attached hydrogens (tertiary/aromatic N) is 1. The first-order valence-electron chi connectivity index (χ1n) is 11.0. The molecule has 0 bridgehead atoms. The Labute approximate surface area is 189 Å². The third kappa shape index (κ3) is 4.77. The average Bonchev–Trinajstić information content (AvgIpc) is 3.51. The van der Waals surface area contributed by atoms with Crippen molar-refractivity contribution in [3.05, 3.63) is 82.6 Å². The summed E-state index contributed by atoms with van der Waals surface area (Å²) in [5, 5.41) is 0. The summed E-state index contributed by atoms with van der Waals surface area (Å²) in [6.07, 6.45) is 4.70. The van der Waals surface area contributed by atoms with Crippen LogP contribution in [-0.2, 0) is 20.7 Å². The van der Waals surface area contributed by atoms with E-state index in [9.17, 15) is 9.59 Å². The number of ether oxygens (including phenoxy) is 2. The first-order valence-corrected chi connectivity index (χ1v) is 11.0. The molecule has 1 fully saturated rings. The number of anilines is 1. The Morgan fingerprint density at radius 3 is 2.31 bits per heavy atom. The van der Waals surface area contributed by atoms with Crippen molar-refractivity contribution in [2.24, 2.45) is 0 Å². The third-order valence-corrected chi connectivity index (χ3v) is 5.53. The smallest absolute Gasteiger partial charge is 0.339 e. The number of carbonyl (C=O) groups is 2. The molecule has 0 N–H and O–H groups in total. The molecule has 32 heavy (non-hydrogen) atoms. The van der Waals surface area contributed by atoms with Gasteiger partial charge in [0.2, 0.25) is 0 Å². The van der Waals surface area contributed by atoms with Crippen molar-refractivity contribution in [3.63, 3.8) is 0 Å². The van der Waals surface area contributed by atoms with Gasteiger partial charge in [0.1, 0.15) is 5.60 Å². The molecule has 2 aromatic rings. The second kappa shape index (κ2) is 8.65. The molecule has 5 heteroatoms. The molecule has 1 aliphatic heterocycles. The van der Waals surface area contributed by atoms with Gasteiger partial charge in [0.05, 0.1) is 18.2 Å². The molecule has 2 aromatic carbocycles. The fourth-order valence-electron chi connectivity index (χ4n) is 3.95. The summed E-state index contributed by atoms with van der Waals surface area (Å²) in [6, 6.07) is 15.6. The van der Waals surface area contributed by atoms with Gasteiger partial charge in [0.25, 0.3) is 0 Å². The van der Waals surface area contributed by atoms with Crippen molar-refractivity contribution in [2.45, 2.75) is 45.6 Å². The van der Waals surface area contributed by atoms with Crippen molar-refractivity contribution >= 4 is 23.2 Å². The zero-order chi connectivity index (χ0) is 22.9. The number of hydrogen-bond donors (Lipinski definition) is 0. The van der Waals surface area contributed by atoms with Gasteiger partial charge in [0, 0.05) is 24.0 Å². The van der Waals surface area contributed by atoms with E-state index in [1.54, 1.807) is 6.07 Å². The van der Waals surface area contributed by atoms with Crippen LogP contribution in [0.2, 0.25) is 0 Å². The van der Waals surface area contributed by atoms with Gasteiger partial charge in [-0.15, -0.1) is 0 Å². The van der Waals surface area contributed by atoms with Gasteiger partial charge in [-0.25, -0.2) is 9.59 Å². The van der Waals surface area contributed by atoms with Gasteiger partial charge in [-0.3, -0.25) is 0 Å². The number of hydrogen-bond acceptors (Lipinski definition) is 5. The quantitative estimate of drug-likeness (QED) is 0.474. The number of fused-ring (bicyclic) bond motifs is 1. The van der Waals surface area contributed by atoms with Gasteiger partial charge in [-0.2, -0.15) is 0 Å². The molecule has 0 aromatic heterocycles. The molecular weight excluding hydrogens is 402 g/mol. The van der Waals surface area contributed by atoms with E-state index in [1.165, 1.54) is 7.11 Å². The molecule has 1 saturated carbocycles. The van der Waals surface area contributed by atoms with Crippen LogP contribution in [0.5, 0.6) is 0 Å². The van der Waals surface area contributed by atoms with Crippen LogP contribution >= 0.6 is 0 Å². The minimum atomic E-state index is -0.565. The van der Waals surface area contributed by atoms with E-state index in [0.29, 0.717) is 11.1 Å². The molecule has 0 saturated heterocycles. The number of benzene rings is 2. The van der Waals surface area contributed by atoms with Gasteiger partial charge in [-0.05, 0) is 69.4 Å². The molecule has 2 aliphatic rings. The molecule has 1 aliphatic carbocycles. The normalized spacial score (nSPS) is 15.3. The number of esters is 2. The van der Waals surface area contributed by atoms with E-state index in [4.69, 9.17) is 9.47 Å². The summed E-state index contributed by atoms with van der Waals surface area (Å²) in [7, 11) is 1.39. The first-order chi connectivity index (χ1) is 15.3. The second-order valence-electron chi connectivity index (χ2n) is 9.17. The maximum absolute atomic E-state index is 13.2. The summed E-state index contributed by atoms with van der Waals surface area (Å²) in [4.78, 5) is 27.3. The molecular formula is C27H29NO4. The van der Waals surface area contributed by atoms with Crippen molar-refractivity contribution < 1.29 is 19.1 Å². The number of rotatable bonds is 5. The summed E-state index contributed by atoms with van der Waals surface area (Å²) in [6.45, 7) is 6.44. The Balaban J connectivity index is 1.76. The van der Waals surface area contributed by atoms with Crippen molar-refractivity contribution in [1.29, 1.82) is 0 Å². The predicted octanol–water partition coefficient (Wildman–Crippen LogP) is 5.31. The summed E-state index contributed by atoms with van der Waals surface area (Å²) in [5.41, 5.74) is 5.77. The maximum atomic E-state index is 13.2. The molecule has 4 rings (SSSR count). The van der Waals surface area contributed by atoms with Crippen LogP contribution in [0.15, 0.2) is 65.9 Å². The van der Waals surface area contributed by atoms with Crippen molar-refractivity contribution in [3.8, 4) is 0 Å². The Morgan fingerprint density at radius 1 is 0.969 bits per heavy atom. The van der Waals surface area contributed by atoms with E-state index < -0.39 is 5.60 Å². The molecule has 0 spiro atoms. The van der Waals surface area contributed by atoms with Crippen LogP contribution in [0.4, 0.5) is 5.69 Å². The van der Waals surface area contributed by atoms with E-state index in [1.807, 2.05) is 63.2 Å². The van der Waals surface area contributed by atoms with Crippen LogP contribution in [0.1, 0.15) is 55.1 Å². The second-order valence-corrected chi connectivity index (χ2v) is 9.17. The first kappa shape index (κ1) is 21.9. The van der Waals surface area contributed by atoms with Gasteiger partial charge < -0.3 is 14.4 Å². The fourth-order valence-corrected chi connectivity index (χ4v) is 3.95. The number of allylic oxidation sites excluding steroid dienone is 1. The van der Waals surface area contributed by atoms with Crippen LogP contribution in [-0.4, -0.2) is 31.2 Å². The van der Waals surface area contributed by atoms with Crippen LogP contribution in [0.3, 0.4) is 0 Å². The Kier molecular flexibility index (Phi) is 5.92. The van der Waals surface area contributed by atoms with Gasteiger partial charge >= 0.3 is 11.9 Å². The lowest BCUT2D eigenvalue weighted by Crippen LogP contribution is -2.26. The molecule has 0 unspecified atom stereocenters. The number of methoxy groups -OCH3 is 1. The lowest BCUT2D eigenvalue weighted by Gasteiger charge is -2.23. The van der Waals surface area contributed by atoms with Crippen LogP contribution < -0.4 is 4.90 Å². The van der Waals surface area contributed by atoms with Crippen LogP contribution in [0, 0.1) is 0 Å². The predicted molar refractivity (Wildman–Crippen MR) is 125 cm³/mol. The van der Waals surface area contributed by atoms with Crippen molar-refractivity contribution in [1.82, 2.24) is 0 Å². The summed E-state index contributed by atoms with van der Waals surface area (Å²) in [5.74, 6) is -0.613. The SMILES string of the molecule is COC(=O)c1ccc2c(c1)CCN2/C=C(/C(C(=O)OC(C)(C)C)=C1CC1)c1ccccc1. The zero-order valence-corrected chi connectivity index (χ0v) is 19.1. The average molecular weight is 432 g/mol. The third-order valence-electron chi connectivity index (χ3n) is 5.53. The van der Waals surface area contributed by atoms with Crippen LogP contribution in [0.25, 0.3) is 5.57 Å². The Hall–Kier alpha value is -3.34. The van der Waals surface area contributed by atoms with E-state index >= 15 is 0 Å². The van der Waals surface area contributed by atoms with Gasteiger partial charge in [-0.1, -0.05) is 35.9 Å². The standard InChI is InChI=1S/C27H29NO4/c1-27(2,3)32-26(30)24(19-10-11-19)22(18-8-6-5-7-9-18)17-28-15-14-20-16-21(25(29)31-4)12-13-23(20)28/h5-9,12-13,16-17H,10-11,14-15H2,1-4H3/b22-17+. The zero-order valence-electron chi connectivity index (χ0n) is 19.1. The highest BCUT2D eigenvalue weighted by atomic mass is 16.6. The highest BCUT2D eigenvalue weighted by molar-refractivity contribution is 6.08. The molecule has 5 nitrogen and oxygen atoms in total. The Morgan fingerprint density at radius 2 is 1.69 bits per heavy atom. The maximum Gasteiger partial charge on any atom is 0.339 e. The minimum absolute atomic E-state index is 0.277. The Bertz CT molecular complexity index is 1100. The van der Waals surface area contributed by atoms with Crippen molar-refractivity contribution in [2.75, 3.05) is 18.6 Å². The molecule has 1 heterocycles. The monoisotopic (exact) mass is 431 g/mol. The topological polar surface area (TPSA) is 55.8 Å². The lowest BCUT2D eigenvalue weighted by atomic mass is 9.97. The van der Waals surface area contributed by atoms with E-state index in [2.05, 4.69) is 11.1 Å². The number of carbonyl (C=O) groups excluding carboxylic acids is 2.